The molecule has 1 unspecified atom stereocenters. The van der Waals surface area contributed by atoms with Gasteiger partial charge in [-0.05, 0) is 48.9 Å². The van der Waals surface area contributed by atoms with E-state index in [1.807, 2.05) is 4.90 Å². The third-order valence-electron chi connectivity index (χ3n) is 4.02. The van der Waals surface area contributed by atoms with Crippen molar-refractivity contribution in [2.45, 2.75) is 51.0 Å². The standard InChI is InChI=1S/C17H25NO3S/c1-17(2,3)12-14-6-5-11-18(14)16(19)13-7-9-15(10-8-13)22(4,20)21/h7-10,14H,5-6,11-12H2,1-4H3. The number of hydrogen-bond donors (Lipinski definition) is 0. The number of amides is 1. The van der Waals surface area contributed by atoms with E-state index in [2.05, 4.69) is 20.8 Å². The van der Waals surface area contributed by atoms with Crippen LogP contribution >= 0.6 is 0 Å². The minimum absolute atomic E-state index is 0.00630. The third-order valence-corrected chi connectivity index (χ3v) is 5.14. The summed E-state index contributed by atoms with van der Waals surface area (Å²) in [5.41, 5.74) is 0.751. The summed E-state index contributed by atoms with van der Waals surface area (Å²) in [7, 11) is -3.22. The van der Waals surface area contributed by atoms with Crippen molar-refractivity contribution >= 4 is 15.7 Å². The zero-order valence-electron chi connectivity index (χ0n) is 13.8. The van der Waals surface area contributed by atoms with Gasteiger partial charge in [-0.1, -0.05) is 20.8 Å². The highest BCUT2D eigenvalue weighted by molar-refractivity contribution is 7.90. The van der Waals surface area contributed by atoms with Crippen molar-refractivity contribution in [1.29, 1.82) is 0 Å². The van der Waals surface area contributed by atoms with Gasteiger partial charge in [-0.3, -0.25) is 4.79 Å². The molecule has 0 radical (unpaired) electrons. The van der Waals surface area contributed by atoms with E-state index in [4.69, 9.17) is 0 Å². The first-order chi connectivity index (χ1) is 10.1. The van der Waals surface area contributed by atoms with E-state index in [1.54, 1.807) is 12.1 Å². The van der Waals surface area contributed by atoms with E-state index < -0.39 is 9.84 Å². The van der Waals surface area contributed by atoms with Gasteiger partial charge in [0.2, 0.25) is 0 Å². The molecule has 0 N–H and O–H groups in total. The summed E-state index contributed by atoms with van der Waals surface area (Å²) in [6.45, 7) is 7.35. The minimum Gasteiger partial charge on any atom is -0.336 e. The number of carbonyl (C=O) groups is 1. The maximum atomic E-state index is 12.7. The van der Waals surface area contributed by atoms with Gasteiger partial charge in [-0.2, -0.15) is 0 Å². The van der Waals surface area contributed by atoms with Crippen LogP contribution in [0.4, 0.5) is 0 Å². The highest BCUT2D eigenvalue weighted by Gasteiger charge is 2.32. The van der Waals surface area contributed by atoms with Gasteiger partial charge in [-0.15, -0.1) is 0 Å². The predicted molar refractivity (Wildman–Crippen MR) is 87.7 cm³/mol. The molecule has 1 aliphatic rings. The molecule has 1 saturated heterocycles. The smallest absolute Gasteiger partial charge is 0.254 e. The van der Waals surface area contributed by atoms with Crippen molar-refractivity contribution in [1.82, 2.24) is 4.90 Å². The van der Waals surface area contributed by atoms with Crippen LogP contribution in [0.2, 0.25) is 0 Å². The summed E-state index contributed by atoms with van der Waals surface area (Å²) in [6.07, 6.45) is 4.24. The van der Waals surface area contributed by atoms with Crippen molar-refractivity contribution in [3.8, 4) is 0 Å². The lowest BCUT2D eigenvalue weighted by Gasteiger charge is -2.30. The predicted octanol–water partition coefficient (Wildman–Crippen LogP) is 3.13. The lowest BCUT2D eigenvalue weighted by atomic mass is 9.87. The fraction of sp³-hybridized carbons (Fsp3) is 0.588. The van der Waals surface area contributed by atoms with E-state index in [9.17, 15) is 13.2 Å². The highest BCUT2D eigenvalue weighted by atomic mass is 32.2. The molecule has 0 aromatic heterocycles. The monoisotopic (exact) mass is 323 g/mol. The van der Waals surface area contributed by atoms with Crippen LogP contribution in [0.15, 0.2) is 29.2 Å². The number of sulfone groups is 1. The molecule has 0 spiro atoms. The topological polar surface area (TPSA) is 54.5 Å². The maximum absolute atomic E-state index is 12.7. The summed E-state index contributed by atoms with van der Waals surface area (Å²) < 4.78 is 23.0. The van der Waals surface area contributed by atoms with Crippen LogP contribution in [0.25, 0.3) is 0 Å². The van der Waals surface area contributed by atoms with Crippen LogP contribution in [0.5, 0.6) is 0 Å². The Morgan fingerprint density at radius 1 is 1.23 bits per heavy atom. The Balaban J connectivity index is 2.17. The third kappa shape index (κ3) is 4.09. The molecule has 5 heteroatoms. The van der Waals surface area contributed by atoms with E-state index >= 15 is 0 Å². The SMILES string of the molecule is CC(C)(C)CC1CCCN1C(=O)c1ccc(S(C)(=O)=O)cc1. The second-order valence-corrected chi connectivity index (χ2v) is 9.37. The van der Waals surface area contributed by atoms with Crippen LogP contribution in [-0.4, -0.2) is 38.1 Å². The Morgan fingerprint density at radius 3 is 2.32 bits per heavy atom. The molecule has 0 aliphatic carbocycles. The second-order valence-electron chi connectivity index (χ2n) is 7.36. The van der Waals surface area contributed by atoms with E-state index in [0.29, 0.717) is 5.56 Å². The average molecular weight is 323 g/mol. The molecule has 1 amide bonds. The molecule has 0 bridgehead atoms. The summed E-state index contributed by atoms with van der Waals surface area (Å²) in [5.74, 6) is 0.00630. The van der Waals surface area contributed by atoms with Crippen molar-refractivity contribution in [2.24, 2.45) is 5.41 Å². The molecule has 1 fully saturated rings. The molecule has 2 rings (SSSR count). The van der Waals surface area contributed by atoms with Gasteiger partial charge < -0.3 is 4.90 Å². The molecule has 122 valence electrons. The fourth-order valence-corrected chi connectivity index (χ4v) is 3.66. The average Bonchev–Trinajstić information content (AvgIpc) is 2.83. The molecule has 4 nitrogen and oxygen atoms in total. The molecular formula is C17H25NO3S. The van der Waals surface area contributed by atoms with Gasteiger partial charge in [0.05, 0.1) is 4.90 Å². The van der Waals surface area contributed by atoms with Gasteiger partial charge in [-0.25, -0.2) is 8.42 Å². The lowest BCUT2D eigenvalue weighted by molar-refractivity contribution is 0.0704. The number of nitrogens with zero attached hydrogens (tertiary/aromatic N) is 1. The van der Waals surface area contributed by atoms with Gasteiger partial charge in [0, 0.05) is 24.4 Å². The highest BCUT2D eigenvalue weighted by Crippen LogP contribution is 2.30. The van der Waals surface area contributed by atoms with E-state index in [1.165, 1.54) is 18.4 Å². The first-order valence-corrected chi connectivity index (χ1v) is 9.58. The number of rotatable bonds is 3. The number of likely N-dealkylation sites (tertiary alicyclic amines) is 1. The Kier molecular flexibility index (Phi) is 4.66. The van der Waals surface area contributed by atoms with Crippen LogP contribution in [0.1, 0.15) is 50.4 Å². The Bertz CT molecular complexity index is 641. The second kappa shape index (κ2) is 6.03. The van der Waals surface area contributed by atoms with Crippen LogP contribution in [-0.2, 0) is 9.84 Å². The first kappa shape index (κ1) is 17.0. The van der Waals surface area contributed by atoms with Gasteiger partial charge in [0.25, 0.3) is 5.91 Å². The fourth-order valence-electron chi connectivity index (χ4n) is 3.03. The Morgan fingerprint density at radius 2 is 1.82 bits per heavy atom. The molecule has 1 atom stereocenters. The number of carbonyl (C=O) groups excluding carboxylic acids is 1. The zero-order valence-corrected chi connectivity index (χ0v) is 14.6. The molecular weight excluding hydrogens is 298 g/mol. The first-order valence-electron chi connectivity index (χ1n) is 7.69. The summed E-state index contributed by atoms with van der Waals surface area (Å²) >= 11 is 0. The van der Waals surface area contributed by atoms with Gasteiger partial charge in [0.15, 0.2) is 9.84 Å². The summed E-state index contributed by atoms with van der Waals surface area (Å²) in [4.78, 5) is 14.9. The van der Waals surface area contributed by atoms with Crippen LogP contribution in [0.3, 0.4) is 0 Å². The number of benzene rings is 1. The van der Waals surface area contributed by atoms with Crippen LogP contribution in [0, 0.1) is 5.41 Å². The van der Waals surface area contributed by atoms with Crippen LogP contribution < -0.4 is 0 Å². The van der Waals surface area contributed by atoms with Crippen molar-refractivity contribution in [2.75, 3.05) is 12.8 Å². The molecule has 1 aromatic rings. The van der Waals surface area contributed by atoms with Gasteiger partial charge in [0.1, 0.15) is 0 Å². The van der Waals surface area contributed by atoms with E-state index in [0.717, 1.165) is 25.8 Å². The number of hydrogen-bond acceptors (Lipinski definition) is 3. The van der Waals surface area contributed by atoms with Crippen molar-refractivity contribution < 1.29 is 13.2 Å². The summed E-state index contributed by atoms with van der Waals surface area (Å²) in [6, 6.07) is 6.53. The zero-order chi connectivity index (χ0) is 16.5. The normalized spacial score (nSPS) is 19.5. The van der Waals surface area contributed by atoms with Gasteiger partial charge >= 0.3 is 0 Å². The lowest BCUT2D eigenvalue weighted by Crippen LogP contribution is -2.37. The maximum Gasteiger partial charge on any atom is 0.254 e. The Labute approximate surface area is 133 Å². The molecule has 1 heterocycles. The largest absolute Gasteiger partial charge is 0.336 e. The summed E-state index contributed by atoms with van der Waals surface area (Å²) in [5, 5.41) is 0. The molecule has 0 saturated carbocycles. The Hall–Kier alpha value is -1.36. The van der Waals surface area contributed by atoms with Crippen molar-refractivity contribution in [3.05, 3.63) is 29.8 Å². The van der Waals surface area contributed by atoms with Crippen molar-refractivity contribution in [3.63, 3.8) is 0 Å². The van der Waals surface area contributed by atoms with E-state index in [-0.39, 0.29) is 22.3 Å². The molecule has 22 heavy (non-hydrogen) atoms. The minimum atomic E-state index is -3.22. The molecule has 1 aliphatic heterocycles. The molecule has 1 aromatic carbocycles. The quantitative estimate of drug-likeness (QED) is 0.859.